The number of methoxy groups -OCH3 is 1. The molecule has 6 heteroatoms. The van der Waals surface area contributed by atoms with Crippen LogP contribution in [0, 0.1) is 0 Å². The average molecular weight is 253 g/mol. The first-order valence-corrected chi connectivity index (χ1v) is 6.10. The maximum absolute atomic E-state index is 12.3. The molecule has 0 atom stereocenters. The molecule has 0 unspecified atom stereocenters. The molecule has 1 aromatic rings. The molecule has 0 aliphatic heterocycles. The fourth-order valence-corrected chi connectivity index (χ4v) is 1.83. The van der Waals surface area contributed by atoms with Crippen molar-refractivity contribution in [3.8, 4) is 5.75 Å². The van der Waals surface area contributed by atoms with Gasteiger partial charge < -0.3 is 4.74 Å². The lowest BCUT2D eigenvalue weighted by Crippen LogP contribution is -2.03. The molecule has 0 aromatic heterocycles. The number of aryl methyl sites for hydroxylation is 1. The number of benzene rings is 1. The van der Waals surface area contributed by atoms with Gasteiger partial charge >= 0.3 is 10.2 Å². The topological polar surface area (TPSA) is 43.4 Å². The van der Waals surface area contributed by atoms with Crippen molar-refractivity contribution in [2.75, 3.05) is 12.9 Å². The van der Waals surface area contributed by atoms with Crippen LogP contribution in [0.2, 0.25) is 5.02 Å². The van der Waals surface area contributed by atoms with Crippen LogP contribution in [0.5, 0.6) is 5.75 Å². The van der Waals surface area contributed by atoms with Crippen LogP contribution in [-0.4, -0.2) is 21.3 Å². The minimum atomic E-state index is -4.46. The monoisotopic (exact) mass is 252 g/mol. The summed E-state index contributed by atoms with van der Waals surface area (Å²) in [5.41, 5.74) is 0.575. The van der Waals surface area contributed by atoms with Crippen LogP contribution in [0.25, 0.3) is 0 Å². The van der Waals surface area contributed by atoms with Crippen molar-refractivity contribution >= 4 is 21.8 Å². The second-order valence-electron chi connectivity index (χ2n) is 2.95. The molecule has 84 valence electrons. The van der Waals surface area contributed by atoms with Crippen LogP contribution >= 0.6 is 11.6 Å². The molecule has 1 aromatic carbocycles. The van der Waals surface area contributed by atoms with Crippen molar-refractivity contribution in [1.82, 2.24) is 0 Å². The van der Waals surface area contributed by atoms with Gasteiger partial charge in [0.1, 0.15) is 5.75 Å². The van der Waals surface area contributed by atoms with Crippen LogP contribution in [0.1, 0.15) is 5.56 Å². The minimum absolute atomic E-state index is 0.0442. The van der Waals surface area contributed by atoms with Gasteiger partial charge in [0.15, 0.2) is 0 Å². The Hall–Kier alpha value is -0.810. The highest BCUT2D eigenvalue weighted by atomic mass is 35.5. The predicted octanol–water partition coefficient (Wildman–Crippen LogP) is 2.19. The van der Waals surface area contributed by atoms with Gasteiger partial charge in [-0.05, 0) is 30.2 Å². The van der Waals surface area contributed by atoms with Gasteiger partial charge in [0, 0.05) is 5.02 Å². The molecule has 0 saturated heterocycles. The molecule has 0 heterocycles. The van der Waals surface area contributed by atoms with E-state index in [4.69, 9.17) is 16.3 Å². The van der Waals surface area contributed by atoms with Crippen LogP contribution in [0.3, 0.4) is 0 Å². The SMILES string of the molecule is COc1ccc(Cl)cc1CCS(=O)(=O)F. The van der Waals surface area contributed by atoms with E-state index in [1.165, 1.54) is 7.11 Å². The maximum Gasteiger partial charge on any atom is 0.302 e. The first-order chi connectivity index (χ1) is 6.92. The summed E-state index contributed by atoms with van der Waals surface area (Å²) in [6, 6.07) is 4.79. The van der Waals surface area contributed by atoms with E-state index >= 15 is 0 Å². The van der Waals surface area contributed by atoms with Crippen molar-refractivity contribution in [3.05, 3.63) is 28.8 Å². The lowest BCUT2D eigenvalue weighted by Gasteiger charge is -2.07. The Morgan fingerprint density at radius 2 is 2.13 bits per heavy atom. The highest BCUT2D eigenvalue weighted by Gasteiger charge is 2.10. The normalized spacial score (nSPS) is 11.4. The van der Waals surface area contributed by atoms with Gasteiger partial charge in [-0.1, -0.05) is 11.6 Å². The quantitative estimate of drug-likeness (QED) is 0.772. The molecule has 0 bridgehead atoms. The van der Waals surface area contributed by atoms with E-state index in [0.717, 1.165) is 0 Å². The summed E-state index contributed by atoms with van der Waals surface area (Å²) in [6.45, 7) is 0. The molecule has 0 fully saturated rings. The van der Waals surface area contributed by atoms with E-state index < -0.39 is 16.0 Å². The Bertz CT molecular complexity index is 445. The van der Waals surface area contributed by atoms with Gasteiger partial charge in [-0.25, -0.2) is 0 Å². The van der Waals surface area contributed by atoms with Crippen LogP contribution in [0.15, 0.2) is 18.2 Å². The molecule has 0 N–H and O–H groups in total. The van der Waals surface area contributed by atoms with Gasteiger partial charge in [-0.2, -0.15) is 8.42 Å². The van der Waals surface area contributed by atoms with E-state index in [1.54, 1.807) is 18.2 Å². The molecule has 0 spiro atoms. The van der Waals surface area contributed by atoms with E-state index in [2.05, 4.69) is 0 Å². The van der Waals surface area contributed by atoms with Crippen LogP contribution in [-0.2, 0) is 16.6 Å². The van der Waals surface area contributed by atoms with Gasteiger partial charge in [-0.15, -0.1) is 3.89 Å². The Balaban J connectivity index is 2.88. The summed E-state index contributed by atoms with van der Waals surface area (Å²) in [6.07, 6.45) is 0.0442. The van der Waals surface area contributed by atoms with E-state index in [-0.39, 0.29) is 6.42 Å². The van der Waals surface area contributed by atoms with Crippen molar-refractivity contribution in [2.45, 2.75) is 6.42 Å². The minimum Gasteiger partial charge on any atom is -0.496 e. The molecule has 0 amide bonds. The number of rotatable bonds is 4. The third-order valence-corrected chi connectivity index (χ3v) is 2.78. The second kappa shape index (κ2) is 4.81. The lowest BCUT2D eigenvalue weighted by molar-refractivity contribution is 0.410. The second-order valence-corrected chi connectivity index (χ2v) is 4.87. The summed E-state index contributed by atoms with van der Waals surface area (Å²) in [5.74, 6) is -0.0629. The first-order valence-electron chi connectivity index (χ1n) is 4.17. The largest absolute Gasteiger partial charge is 0.496 e. The van der Waals surface area contributed by atoms with Crippen molar-refractivity contribution in [1.29, 1.82) is 0 Å². The Labute approximate surface area is 93.0 Å². The summed E-state index contributed by atoms with van der Waals surface area (Å²) in [5, 5.41) is 0.460. The zero-order chi connectivity index (χ0) is 11.5. The number of hydrogen-bond donors (Lipinski definition) is 0. The molecule has 0 aliphatic rings. The Morgan fingerprint density at radius 3 is 2.67 bits per heavy atom. The van der Waals surface area contributed by atoms with Crippen LogP contribution < -0.4 is 4.74 Å². The number of halogens is 2. The van der Waals surface area contributed by atoms with Gasteiger partial charge in [0.25, 0.3) is 0 Å². The molecular weight excluding hydrogens is 243 g/mol. The molecular formula is C9H10ClFO3S. The summed E-state index contributed by atoms with van der Waals surface area (Å²) < 4.78 is 38.0. The number of ether oxygens (including phenoxy) is 1. The smallest absolute Gasteiger partial charge is 0.302 e. The molecule has 1 rings (SSSR count). The van der Waals surface area contributed by atoms with E-state index in [0.29, 0.717) is 16.3 Å². The van der Waals surface area contributed by atoms with Gasteiger partial charge in [-0.3, -0.25) is 0 Å². The molecule has 3 nitrogen and oxygen atoms in total. The standard InChI is InChI=1S/C9H10ClFO3S/c1-14-9-3-2-8(10)6-7(9)4-5-15(11,12)13/h2-3,6H,4-5H2,1H3. The zero-order valence-electron chi connectivity index (χ0n) is 8.04. The fourth-order valence-electron chi connectivity index (χ4n) is 1.17. The maximum atomic E-state index is 12.3. The van der Waals surface area contributed by atoms with E-state index in [1.807, 2.05) is 0 Å². The summed E-state index contributed by atoms with van der Waals surface area (Å²) in [4.78, 5) is 0. The van der Waals surface area contributed by atoms with E-state index in [9.17, 15) is 12.3 Å². The summed E-state index contributed by atoms with van der Waals surface area (Å²) in [7, 11) is -3.00. The molecule has 0 saturated carbocycles. The third-order valence-electron chi connectivity index (χ3n) is 1.86. The Morgan fingerprint density at radius 1 is 1.47 bits per heavy atom. The predicted molar refractivity (Wildman–Crippen MR) is 56.6 cm³/mol. The Kier molecular flexibility index (Phi) is 3.93. The highest BCUT2D eigenvalue weighted by molar-refractivity contribution is 7.86. The van der Waals surface area contributed by atoms with Gasteiger partial charge in [0.2, 0.25) is 0 Å². The first kappa shape index (κ1) is 12.3. The zero-order valence-corrected chi connectivity index (χ0v) is 9.61. The van der Waals surface area contributed by atoms with Crippen LogP contribution in [0.4, 0.5) is 3.89 Å². The van der Waals surface area contributed by atoms with Crippen molar-refractivity contribution in [3.63, 3.8) is 0 Å². The average Bonchev–Trinajstić information content (AvgIpc) is 2.14. The molecule has 0 radical (unpaired) electrons. The third kappa shape index (κ3) is 4.05. The van der Waals surface area contributed by atoms with Gasteiger partial charge in [0.05, 0.1) is 12.9 Å². The summed E-state index contributed by atoms with van der Waals surface area (Å²) >= 11 is 5.73. The van der Waals surface area contributed by atoms with Crippen molar-refractivity contribution in [2.24, 2.45) is 0 Å². The van der Waals surface area contributed by atoms with Crippen molar-refractivity contribution < 1.29 is 17.0 Å². The highest BCUT2D eigenvalue weighted by Crippen LogP contribution is 2.23. The number of hydrogen-bond acceptors (Lipinski definition) is 3. The molecule has 0 aliphatic carbocycles. The molecule has 15 heavy (non-hydrogen) atoms. The fraction of sp³-hybridized carbons (Fsp3) is 0.333. The lowest BCUT2D eigenvalue weighted by atomic mass is 10.1.